The SMILES string of the molecule is CCn1c(C(=O)NC(c2cccc(C(F)(F)F)c2)C(F)(F)F)nc2cc(C(=O)NC3CC3)c(Cl)cc21.CCn1c(C(=O)NC(c2cccc(C(F)(F)F)c2)C(F)(F)F)nc2cc(Cl)c(C(=O)NC3CC3)cc21. The molecule has 2 aliphatic carbocycles. The van der Waals surface area contributed by atoms with E-state index in [-0.39, 0.29) is 62.9 Å². The maximum Gasteiger partial charge on any atom is 0.416 e. The second-order valence-corrected chi connectivity index (χ2v) is 17.5. The molecule has 2 aromatic heterocycles. The molecule has 2 saturated carbocycles. The van der Waals surface area contributed by atoms with Gasteiger partial charge in [0.1, 0.15) is 0 Å². The first kappa shape index (κ1) is 53.2. The number of nitrogens with one attached hydrogen (secondary N) is 4. The summed E-state index contributed by atoms with van der Waals surface area (Å²) in [5.74, 6) is -4.21. The van der Waals surface area contributed by atoms with Crippen LogP contribution in [0.3, 0.4) is 0 Å². The van der Waals surface area contributed by atoms with Gasteiger partial charge in [-0.25, -0.2) is 9.97 Å². The number of benzene rings is 4. The average Bonchev–Trinajstić information content (AvgIpc) is 4.23. The van der Waals surface area contributed by atoms with Crippen LogP contribution >= 0.6 is 23.2 Å². The van der Waals surface area contributed by atoms with Crippen LogP contribution in [-0.2, 0) is 25.4 Å². The van der Waals surface area contributed by atoms with Crippen LogP contribution in [0.25, 0.3) is 22.1 Å². The molecule has 12 nitrogen and oxygen atoms in total. The fraction of sp³-hybridized carbons (Fsp3) is 0.348. The Balaban J connectivity index is 0.000000211. The number of aromatic nitrogens is 4. The second kappa shape index (κ2) is 20.2. The van der Waals surface area contributed by atoms with E-state index in [4.69, 9.17) is 23.2 Å². The van der Waals surface area contributed by atoms with Gasteiger partial charge in [0.05, 0.1) is 54.4 Å². The summed E-state index contributed by atoms with van der Waals surface area (Å²) in [5.41, 5.74) is -3.01. The molecule has 2 unspecified atom stereocenters. The maximum absolute atomic E-state index is 13.8. The van der Waals surface area contributed by atoms with Gasteiger partial charge in [-0.15, -0.1) is 0 Å². The number of alkyl halides is 12. The van der Waals surface area contributed by atoms with E-state index in [0.717, 1.165) is 49.9 Å². The Morgan fingerprint density at radius 3 is 1.31 bits per heavy atom. The lowest BCUT2D eigenvalue weighted by atomic mass is 10.0. The molecule has 4 aromatic carbocycles. The quantitative estimate of drug-likeness (QED) is 0.0896. The van der Waals surface area contributed by atoms with Gasteiger partial charge in [-0.3, -0.25) is 19.2 Å². The predicted octanol–water partition coefficient (Wildman–Crippen LogP) is 11.3. The second-order valence-electron chi connectivity index (χ2n) is 16.6. The molecule has 2 heterocycles. The molecule has 2 atom stereocenters. The first-order chi connectivity index (χ1) is 33.6. The van der Waals surface area contributed by atoms with Gasteiger partial charge < -0.3 is 30.4 Å². The van der Waals surface area contributed by atoms with E-state index >= 15 is 0 Å². The highest BCUT2D eigenvalue weighted by Crippen LogP contribution is 2.39. The molecule has 2 fully saturated rings. The number of amides is 4. The van der Waals surface area contributed by atoms with Gasteiger partial charge in [0.15, 0.2) is 23.7 Å². The molecule has 0 saturated heterocycles. The Bertz CT molecular complexity index is 2980. The molecular formula is C46H38Cl2F12N8O4. The van der Waals surface area contributed by atoms with Crippen LogP contribution in [-0.4, -0.2) is 67.2 Å². The zero-order valence-corrected chi connectivity index (χ0v) is 38.7. The smallest absolute Gasteiger partial charge is 0.349 e. The zero-order valence-electron chi connectivity index (χ0n) is 37.2. The normalized spacial score (nSPS) is 15.1. The first-order valence-electron chi connectivity index (χ1n) is 21.7. The summed E-state index contributed by atoms with van der Waals surface area (Å²) in [6.07, 6.45) is -16.6. The van der Waals surface area contributed by atoms with Crippen LogP contribution in [0.2, 0.25) is 10.0 Å². The Morgan fingerprint density at radius 1 is 0.556 bits per heavy atom. The van der Waals surface area contributed by atoms with E-state index in [9.17, 15) is 71.9 Å². The Morgan fingerprint density at radius 2 is 0.931 bits per heavy atom. The summed E-state index contributed by atoms with van der Waals surface area (Å²) in [7, 11) is 0. The minimum Gasteiger partial charge on any atom is -0.349 e. The third-order valence-corrected chi connectivity index (χ3v) is 12.0. The fourth-order valence-corrected chi connectivity index (χ4v) is 7.98. The summed E-state index contributed by atoms with van der Waals surface area (Å²) in [5, 5.41) is 9.19. The van der Waals surface area contributed by atoms with Crippen molar-refractivity contribution in [3.05, 3.63) is 128 Å². The topological polar surface area (TPSA) is 152 Å². The number of nitrogens with zero attached hydrogens (tertiary/aromatic N) is 4. The number of hydrogen-bond acceptors (Lipinski definition) is 6. The van der Waals surface area contributed by atoms with E-state index in [0.29, 0.717) is 29.8 Å². The standard InChI is InChI=1S/2C23H19ClF6N4O2/c1-2-34-17-9-14(20(35)31-13-6-7-13)15(24)10-16(17)32-19(34)21(36)33-18(23(28,29)30)11-4-3-5-12(8-11)22(25,26)27;1-2-34-17-10-15(24)14(20(35)31-13-6-7-13)9-16(17)32-19(34)21(36)33-18(23(28,29)30)11-4-3-5-12(8-11)22(25,26)27/h2*3-5,8-10,13,18H,2,6-7H2,1H3,(H,31,35)(H,33,36). The van der Waals surface area contributed by atoms with Crippen molar-refractivity contribution in [2.45, 2.75) is 101 Å². The Labute approximate surface area is 409 Å². The lowest BCUT2D eigenvalue weighted by molar-refractivity contribution is -0.156. The number of carbonyl (C=O) groups is 4. The average molecular weight is 1070 g/mol. The number of carbonyl (C=O) groups excluding carboxylic acids is 4. The van der Waals surface area contributed by atoms with E-state index in [1.54, 1.807) is 24.5 Å². The molecule has 384 valence electrons. The molecule has 0 radical (unpaired) electrons. The number of aryl methyl sites for hydroxylation is 2. The van der Waals surface area contributed by atoms with Crippen molar-refractivity contribution >= 4 is 68.9 Å². The predicted molar refractivity (Wildman–Crippen MR) is 237 cm³/mol. The highest BCUT2D eigenvalue weighted by molar-refractivity contribution is 6.35. The van der Waals surface area contributed by atoms with Gasteiger partial charge in [0, 0.05) is 25.2 Å². The van der Waals surface area contributed by atoms with Crippen molar-refractivity contribution in [3.8, 4) is 0 Å². The summed E-state index contributed by atoms with van der Waals surface area (Å²) in [6.45, 7) is 3.45. The van der Waals surface area contributed by atoms with Crippen molar-refractivity contribution in [3.63, 3.8) is 0 Å². The Kier molecular flexibility index (Phi) is 14.9. The molecule has 4 N–H and O–H groups in total. The van der Waals surface area contributed by atoms with Crippen molar-refractivity contribution in [1.82, 2.24) is 40.4 Å². The lowest BCUT2D eigenvalue weighted by Gasteiger charge is -2.23. The molecular weight excluding hydrogens is 1030 g/mol. The minimum absolute atomic E-state index is 0.0468. The maximum atomic E-state index is 13.8. The van der Waals surface area contributed by atoms with Crippen molar-refractivity contribution in [2.75, 3.05) is 0 Å². The Hall–Kier alpha value is -6.56. The molecule has 26 heteroatoms. The molecule has 72 heavy (non-hydrogen) atoms. The van der Waals surface area contributed by atoms with Crippen LogP contribution in [0.4, 0.5) is 52.7 Å². The first-order valence-corrected chi connectivity index (χ1v) is 22.4. The van der Waals surface area contributed by atoms with Crippen LogP contribution in [0.15, 0.2) is 72.8 Å². The van der Waals surface area contributed by atoms with Crippen molar-refractivity contribution in [1.29, 1.82) is 0 Å². The van der Waals surface area contributed by atoms with Gasteiger partial charge in [0.2, 0.25) is 0 Å². The van der Waals surface area contributed by atoms with Crippen molar-refractivity contribution < 1.29 is 71.9 Å². The number of fused-ring (bicyclic) bond motifs is 2. The van der Waals surface area contributed by atoms with Gasteiger partial charge in [0.25, 0.3) is 23.6 Å². The van der Waals surface area contributed by atoms with Crippen LogP contribution < -0.4 is 21.3 Å². The molecule has 0 spiro atoms. The van der Waals surface area contributed by atoms with Gasteiger partial charge in [-0.05, 0) is 99.2 Å². The highest BCUT2D eigenvalue weighted by Gasteiger charge is 2.45. The van der Waals surface area contributed by atoms with Gasteiger partial charge in [-0.1, -0.05) is 47.5 Å². The summed E-state index contributed by atoms with van der Waals surface area (Å²) >= 11 is 12.5. The van der Waals surface area contributed by atoms with Gasteiger partial charge >= 0.3 is 24.7 Å². The fourth-order valence-electron chi connectivity index (χ4n) is 7.50. The summed E-state index contributed by atoms with van der Waals surface area (Å²) < 4.78 is 164. The van der Waals surface area contributed by atoms with E-state index in [2.05, 4.69) is 20.6 Å². The number of hydrogen-bond donors (Lipinski definition) is 4. The lowest BCUT2D eigenvalue weighted by Crippen LogP contribution is -2.39. The van der Waals surface area contributed by atoms with Crippen LogP contribution in [0, 0.1) is 0 Å². The molecule has 8 rings (SSSR count). The molecule has 4 amide bonds. The number of halogens is 14. The van der Waals surface area contributed by atoms with Crippen LogP contribution in [0.5, 0.6) is 0 Å². The van der Waals surface area contributed by atoms with Crippen LogP contribution in [0.1, 0.15) is 116 Å². The number of imidazole rings is 2. The summed E-state index contributed by atoms with van der Waals surface area (Å²) in [6, 6.07) is 5.43. The third-order valence-electron chi connectivity index (χ3n) is 11.3. The third kappa shape index (κ3) is 12.0. The molecule has 0 bridgehead atoms. The summed E-state index contributed by atoms with van der Waals surface area (Å²) in [4.78, 5) is 59.0. The molecule has 0 aliphatic heterocycles. The van der Waals surface area contributed by atoms with E-state index in [1.807, 2.05) is 0 Å². The largest absolute Gasteiger partial charge is 0.416 e. The molecule has 6 aromatic rings. The monoisotopic (exact) mass is 1060 g/mol. The molecule has 2 aliphatic rings. The zero-order chi connectivity index (χ0) is 52.8. The van der Waals surface area contributed by atoms with E-state index in [1.165, 1.54) is 33.4 Å². The van der Waals surface area contributed by atoms with E-state index < -0.39 is 94.3 Å². The minimum atomic E-state index is -5.10. The van der Waals surface area contributed by atoms with Gasteiger partial charge in [-0.2, -0.15) is 52.7 Å². The number of rotatable bonds is 12. The van der Waals surface area contributed by atoms with Crippen molar-refractivity contribution in [2.24, 2.45) is 0 Å². The highest BCUT2D eigenvalue weighted by atomic mass is 35.5.